The van der Waals surface area contributed by atoms with Crippen LogP contribution in [0.25, 0.3) is 10.9 Å². The number of carboxylic acids is 1. The molecular weight excluding hydrogens is 1070 g/mol. The summed E-state index contributed by atoms with van der Waals surface area (Å²) in [4.78, 5) is 56.8. The van der Waals surface area contributed by atoms with E-state index in [0.717, 1.165) is 12.8 Å². The molecule has 2 aromatic rings. The molecule has 0 radical (unpaired) electrons. The van der Waals surface area contributed by atoms with Crippen LogP contribution in [-0.2, 0) is 42.7 Å². The predicted octanol–water partition coefficient (Wildman–Crippen LogP) is 4.13. The maximum absolute atomic E-state index is 14.6. The van der Waals surface area contributed by atoms with E-state index >= 15 is 0 Å². The van der Waals surface area contributed by atoms with Crippen molar-refractivity contribution < 1.29 is 73.1 Å². The molecule has 0 amide bonds. The third-order valence-corrected chi connectivity index (χ3v) is 17.6. The molecular formula is C58H95ClN6O16. The van der Waals surface area contributed by atoms with E-state index in [0.29, 0.717) is 67.2 Å². The maximum Gasteiger partial charge on any atom is 0.341 e. The summed E-state index contributed by atoms with van der Waals surface area (Å²) >= 11 is 6.62. The van der Waals surface area contributed by atoms with Crippen molar-refractivity contribution in [3.8, 4) is 0 Å². The average molecular weight is 1170 g/mol. The average Bonchev–Trinajstić information content (AvgIpc) is 4.44. The number of carboxylic acid groups (broad SMARTS) is 1. The van der Waals surface area contributed by atoms with Crippen molar-refractivity contribution in [3.63, 3.8) is 0 Å². The van der Waals surface area contributed by atoms with E-state index in [4.69, 9.17) is 44.8 Å². The standard InChI is InChI=1S/C58H95ClN6O16/c1-15-44-58(10,74)50(69)35(6)64(13)29-31(2)26-56(8,73)51(81-55-48(68)43(63(11)12)23-32(3)76-55)33(4)49(34(5)54(72)78-44)80-46-27-57(9,75-14)52(36(7)77-46)79-45(66)28-61-20-16-19-60-21-22-62-41-24-38-42(25-40(41)59)65(37-17-18-37)30-39(47(38)67)53(70)71/h24-25,30-37,43-44,46,48-52,55,60-62,68-69,73-74H,15-23,26-29H2,1-14H3,(H,70,71)/t31-,32-,33-,34-,35-,36+,43+,44+,46+,48-,49+,50-,51-,52+,55+,56-,57-,58-/m0/s1. The Labute approximate surface area is 482 Å². The normalized spacial score (nSPS) is 36.9. The van der Waals surface area contributed by atoms with E-state index in [9.17, 15) is 44.7 Å². The van der Waals surface area contributed by atoms with Gasteiger partial charge in [0.05, 0.1) is 58.7 Å². The van der Waals surface area contributed by atoms with Gasteiger partial charge < -0.3 is 89.0 Å². The number of aliphatic hydroxyl groups excluding tert-OH is 2. The van der Waals surface area contributed by atoms with Gasteiger partial charge in [0.2, 0.25) is 5.43 Å². The van der Waals surface area contributed by atoms with Crippen molar-refractivity contribution in [2.75, 3.05) is 72.8 Å². The van der Waals surface area contributed by atoms with E-state index < -0.39 is 113 Å². The molecule has 4 aliphatic rings. The molecule has 1 aliphatic carbocycles. The first-order valence-electron chi connectivity index (χ1n) is 29.0. The Kier molecular flexibility index (Phi) is 23.1. The Morgan fingerprint density at radius 3 is 2.23 bits per heavy atom. The lowest BCUT2D eigenvalue weighted by Crippen LogP contribution is -2.61. The van der Waals surface area contributed by atoms with Crippen LogP contribution in [0.15, 0.2) is 23.1 Å². The summed E-state index contributed by atoms with van der Waals surface area (Å²) in [7, 11) is 7.08. The summed E-state index contributed by atoms with van der Waals surface area (Å²) in [6.45, 7) is 20.0. The van der Waals surface area contributed by atoms with Crippen molar-refractivity contribution >= 4 is 46.1 Å². The van der Waals surface area contributed by atoms with Crippen LogP contribution in [-0.4, -0.2) is 216 Å². The van der Waals surface area contributed by atoms with Gasteiger partial charge in [0.25, 0.3) is 0 Å². The molecule has 6 rings (SSSR count). The number of rotatable bonds is 20. The van der Waals surface area contributed by atoms with Crippen LogP contribution >= 0.6 is 11.6 Å². The van der Waals surface area contributed by atoms with Gasteiger partial charge in [-0.1, -0.05) is 32.4 Å². The van der Waals surface area contributed by atoms with E-state index in [2.05, 4.69) is 16.0 Å². The molecule has 8 N–H and O–H groups in total. The molecule has 81 heavy (non-hydrogen) atoms. The minimum absolute atomic E-state index is 0.0394. The summed E-state index contributed by atoms with van der Waals surface area (Å²) < 4.78 is 46.7. The first kappa shape index (κ1) is 66.5. The molecule has 1 aromatic carbocycles. The number of esters is 2. The SMILES string of the molecule is CC[C@H]1OC(=O)[C@@H](C)[C@H](O[C@@H]2C[C@](C)(OC)[C@H](OC(=O)CNCCCNCCNc3cc4c(=O)c(C(=O)O)cn(C5CC5)c4cc3Cl)[C@@H](C)O2)[C@H](C)[C@H](O[C@H]2O[C@@H](C)C[C@@H](N(C)C)[C@@H]2O)[C@@](C)(O)C[C@H](C)CN(C)[C@@H](C)[C@H](O)[C@@]1(C)O. The Hall–Kier alpha value is -3.59. The summed E-state index contributed by atoms with van der Waals surface area (Å²) in [5.41, 5.74) is -4.35. The third kappa shape index (κ3) is 16.0. The molecule has 1 saturated carbocycles. The van der Waals surface area contributed by atoms with Gasteiger partial charge in [-0.2, -0.15) is 0 Å². The lowest BCUT2D eigenvalue weighted by atomic mass is 9.77. The largest absolute Gasteiger partial charge is 0.477 e. The highest BCUT2D eigenvalue weighted by molar-refractivity contribution is 6.34. The van der Waals surface area contributed by atoms with E-state index in [-0.39, 0.29) is 55.5 Å². The van der Waals surface area contributed by atoms with Crippen molar-refractivity contribution in [3.05, 3.63) is 39.1 Å². The van der Waals surface area contributed by atoms with E-state index in [1.54, 1.807) is 60.6 Å². The van der Waals surface area contributed by atoms with Crippen LogP contribution in [0.5, 0.6) is 0 Å². The third-order valence-electron chi connectivity index (χ3n) is 17.3. The summed E-state index contributed by atoms with van der Waals surface area (Å²) in [6.07, 6.45) is -5.20. The van der Waals surface area contributed by atoms with Gasteiger partial charge in [-0.15, -0.1) is 0 Å². The van der Waals surface area contributed by atoms with Crippen LogP contribution in [0.3, 0.4) is 0 Å². The topological polar surface area (TPSA) is 282 Å². The molecule has 0 bridgehead atoms. The van der Waals surface area contributed by atoms with Crippen LogP contribution in [0.4, 0.5) is 5.69 Å². The fourth-order valence-corrected chi connectivity index (χ4v) is 12.6. The minimum Gasteiger partial charge on any atom is -0.477 e. The van der Waals surface area contributed by atoms with Gasteiger partial charge in [-0.05, 0) is 139 Å². The zero-order chi connectivity index (χ0) is 60.1. The number of cyclic esters (lactones) is 1. The van der Waals surface area contributed by atoms with Crippen LogP contribution in [0, 0.1) is 17.8 Å². The lowest BCUT2D eigenvalue weighted by molar-refractivity contribution is -0.318. The number of likely N-dealkylation sites (N-methyl/N-ethyl adjacent to an activating group) is 2. The highest BCUT2D eigenvalue weighted by atomic mass is 35.5. The van der Waals surface area contributed by atoms with Crippen molar-refractivity contribution in [2.24, 2.45) is 17.8 Å². The van der Waals surface area contributed by atoms with Gasteiger partial charge >= 0.3 is 17.9 Å². The quantitative estimate of drug-likeness (QED) is 0.0683. The van der Waals surface area contributed by atoms with Crippen LogP contribution < -0.4 is 21.4 Å². The molecule has 4 heterocycles. The summed E-state index contributed by atoms with van der Waals surface area (Å²) in [6, 6.07) is 2.55. The lowest BCUT2D eigenvalue weighted by Gasteiger charge is -2.49. The fraction of sp³-hybridized carbons (Fsp3) is 0.793. The number of nitrogens with zero attached hydrogens (tertiary/aromatic N) is 3. The highest BCUT2D eigenvalue weighted by Crippen LogP contribution is 2.42. The zero-order valence-electron chi connectivity index (χ0n) is 50.1. The number of aromatic nitrogens is 1. The van der Waals surface area contributed by atoms with Crippen molar-refractivity contribution in [1.82, 2.24) is 25.0 Å². The molecule has 3 aliphatic heterocycles. The summed E-state index contributed by atoms with van der Waals surface area (Å²) in [5.74, 6) is -4.68. The second-order valence-electron chi connectivity index (χ2n) is 24.5. The fourth-order valence-electron chi connectivity index (χ4n) is 12.4. The number of ether oxygens (including phenoxy) is 7. The van der Waals surface area contributed by atoms with Gasteiger partial charge in [-0.3, -0.25) is 14.4 Å². The molecule has 4 fully saturated rings. The molecule has 18 atom stereocenters. The number of anilines is 1. The number of aliphatic hydroxyl groups is 4. The number of benzene rings is 1. The Balaban J connectivity index is 1.10. The first-order chi connectivity index (χ1) is 38.0. The number of halogens is 1. The van der Waals surface area contributed by atoms with Gasteiger partial charge in [0, 0.05) is 68.8 Å². The molecule has 1 aromatic heterocycles. The summed E-state index contributed by atoms with van der Waals surface area (Å²) in [5, 5.41) is 68.3. The number of fused-ring (bicyclic) bond motifs is 1. The highest BCUT2D eigenvalue weighted by Gasteiger charge is 2.54. The number of hydrogen-bond acceptors (Lipinski definition) is 20. The first-order valence-corrected chi connectivity index (χ1v) is 29.3. The number of nitrogens with one attached hydrogen (secondary N) is 3. The minimum atomic E-state index is -1.86. The number of methoxy groups -OCH3 is 1. The molecule has 3 saturated heterocycles. The molecule has 0 spiro atoms. The molecule has 22 nitrogen and oxygen atoms in total. The van der Waals surface area contributed by atoms with Gasteiger partial charge in [0.15, 0.2) is 18.7 Å². The number of aromatic carboxylic acids is 1. The van der Waals surface area contributed by atoms with E-state index in [1.807, 2.05) is 49.4 Å². The van der Waals surface area contributed by atoms with Crippen molar-refractivity contribution in [1.29, 1.82) is 0 Å². The zero-order valence-corrected chi connectivity index (χ0v) is 50.9. The number of carbonyl (C=O) groups excluding carboxylic acids is 2. The smallest absolute Gasteiger partial charge is 0.341 e. The van der Waals surface area contributed by atoms with E-state index in [1.165, 1.54) is 20.2 Å². The van der Waals surface area contributed by atoms with Crippen molar-refractivity contribution in [2.45, 2.75) is 211 Å². The monoisotopic (exact) mass is 1170 g/mol. The second-order valence-corrected chi connectivity index (χ2v) is 24.9. The Morgan fingerprint density at radius 2 is 1.60 bits per heavy atom. The number of hydrogen-bond donors (Lipinski definition) is 8. The van der Waals surface area contributed by atoms with Gasteiger partial charge in [-0.25, -0.2) is 4.79 Å². The second kappa shape index (κ2) is 28.1. The van der Waals surface area contributed by atoms with Crippen LogP contribution in [0.2, 0.25) is 5.02 Å². The molecule has 23 heteroatoms. The molecule has 460 valence electrons. The Bertz CT molecular complexity index is 2500. The Morgan fingerprint density at radius 1 is 0.926 bits per heavy atom. The molecule has 0 unspecified atom stereocenters. The predicted molar refractivity (Wildman–Crippen MR) is 305 cm³/mol. The number of pyridine rings is 1. The number of carbonyl (C=O) groups is 3. The van der Waals surface area contributed by atoms with Crippen LogP contribution in [0.1, 0.15) is 131 Å². The maximum atomic E-state index is 14.6. The van der Waals surface area contributed by atoms with Gasteiger partial charge in [0.1, 0.15) is 35.1 Å².